The van der Waals surface area contributed by atoms with Gasteiger partial charge in [-0.25, -0.2) is 13.1 Å². The van der Waals surface area contributed by atoms with Crippen LogP contribution in [-0.2, 0) is 16.6 Å². The number of hydrogen-bond donors (Lipinski definition) is 2. The minimum absolute atomic E-state index is 0.0391. The van der Waals surface area contributed by atoms with Crippen LogP contribution in [0.25, 0.3) is 0 Å². The van der Waals surface area contributed by atoms with Crippen LogP contribution in [0.5, 0.6) is 5.75 Å². The van der Waals surface area contributed by atoms with E-state index in [9.17, 15) is 8.42 Å². The highest BCUT2D eigenvalue weighted by molar-refractivity contribution is 7.89. The number of nitrogens with one attached hydrogen (secondary N) is 1. The lowest BCUT2D eigenvalue weighted by molar-refractivity contribution is 0.397. The molecule has 1 aliphatic carbocycles. The Kier molecular flexibility index (Phi) is 4.30. The van der Waals surface area contributed by atoms with Crippen molar-refractivity contribution in [3.63, 3.8) is 0 Å². The molecule has 20 heavy (non-hydrogen) atoms. The molecule has 0 aromatic heterocycles. The van der Waals surface area contributed by atoms with Crippen LogP contribution in [0.15, 0.2) is 17.0 Å². The highest BCUT2D eigenvalue weighted by atomic mass is 35.5. The quantitative estimate of drug-likeness (QED) is 0.839. The molecule has 0 aliphatic heterocycles. The van der Waals surface area contributed by atoms with Crippen molar-refractivity contribution in [1.82, 2.24) is 4.72 Å². The van der Waals surface area contributed by atoms with Gasteiger partial charge >= 0.3 is 0 Å². The maximum atomic E-state index is 12.4. The number of benzene rings is 1. The zero-order valence-electron chi connectivity index (χ0n) is 11.6. The van der Waals surface area contributed by atoms with E-state index in [4.69, 9.17) is 22.1 Å². The van der Waals surface area contributed by atoms with E-state index in [2.05, 4.69) is 11.6 Å². The van der Waals surface area contributed by atoms with Crippen LogP contribution >= 0.6 is 11.6 Å². The molecule has 2 rings (SSSR count). The van der Waals surface area contributed by atoms with Crippen molar-refractivity contribution in [3.8, 4) is 5.75 Å². The molecule has 0 amide bonds. The number of halogens is 1. The first-order valence-corrected chi connectivity index (χ1v) is 8.23. The van der Waals surface area contributed by atoms with Crippen LogP contribution in [0, 0.1) is 5.41 Å². The molecule has 7 heteroatoms. The fraction of sp³-hybridized carbons (Fsp3) is 0.538. The second-order valence-corrected chi connectivity index (χ2v) is 7.61. The molecule has 1 fully saturated rings. The molecule has 1 aliphatic rings. The Morgan fingerprint density at radius 2 is 2.10 bits per heavy atom. The minimum atomic E-state index is -3.67. The lowest BCUT2D eigenvalue weighted by Gasteiger charge is -2.16. The average molecular weight is 319 g/mol. The molecular formula is C13H19ClN2O3S. The van der Waals surface area contributed by atoms with Gasteiger partial charge in [-0.3, -0.25) is 0 Å². The smallest absolute Gasteiger partial charge is 0.244 e. The predicted octanol–water partition coefficient (Wildman–Crippen LogP) is 1.89. The summed E-state index contributed by atoms with van der Waals surface area (Å²) in [4.78, 5) is 0.0391. The highest BCUT2D eigenvalue weighted by Crippen LogP contribution is 2.44. The van der Waals surface area contributed by atoms with Crippen molar-refractivity contribution in [2.75, 3.05) is 13.7 Å². The first-order chi connectivity index (χ1) is 9.31. The van der Waals surface area contributed by atoms with Gasteiger partial charge in [-0.15, -0.1) is 0 Å². The lowest BCUT2D eigenvalue weighted by Crippen LogP contribution is -2.29. The van der Waals surface area contributed by atoms with Crippen molar-refractivity contribution >= 4 is 21.6 Å². The number of sulfonamides is 1. The summed E-state index contributed by atoms with van der Waals surface area (Å²) < 4.78 is 32.7. The molecule has 0 radical (unpaired) electrons. The number of ether oxygens (including phenoxy) is 1. The maximum absolute atomic E-state index is 12.4. The predicted molar refractivity (Wildman–Crippen MR) is 78.4 cm³/mol. The van der Waals surface area contributed by atoms with E-state index in [0.29, 0.717) is 17.1 Å². The largest absolute Gasteiger partial charge is 0.495 e. The summed E-state index contributed by atoms with van der Waals surface area (Å²) in [6.07, 6.45) is 2.08. The van der Waals surface area contributed by atoms with Gasteiger partial charge in [0.25, 0.3) is 0 Å². The molecule has 1 aromatic carbocycles. The molecule has 1 saturated carbocycles. The van der Waals surface area contributed by atoms with Crippen LogP contribution in [0.4, 0.5) is 0 Å². The Hall–Kier alpha value is -0.820. The van der Waals surface area contributed by atoms with Crippen LogP contribution in [-0.4, -0.2) is 22.1 Å². The van der Waals surface area contributed by atoms with E-state index in [1.807, 2.05) is 0 Å². The fourth-order valence-electron chi connectivity index (χ4n) is 1.94. The van der Waals surface area contributed by atoms with Gasteiger partial charge in [0.15, 0.2) is 0 Å². The summed E-state index contributed by atoms with van der Waals surface area (Å²) in [6.45, 7) is 2.63. The van der Waals surface area contributed by atoms with E-state index < -0.39 is 10.0 Å². The Morgan fingerprint density at radius 3 is 2.60 bits per heavy atom. The minimum Gasteiger partial charge on any atom is -0.495 e. The number of nitrogens with two attached hydrogens (primary N) is 1. The van der Waals surface area contributed by atoms with E-state index in [-0.39, 0.29) is 22.6 Å². The van der Waals surface area contributed by atoms with Crippen molar-refractivity contribution in [1.29, 1.82) is 0 Å². The van der Waals surface area contributed by atoms with E-state index in [1.165, 1.54) is 13.2 Å². The first kappa shape index (κ1) is 15.6. The van der Waals surface area contributed by atoms with E-state index in [0.717, 1.165) is 12.8 Å². The normalized spacial score (nSPS) is 17.0. The average Bonchev–Trinajstić information content (AvgIpc) is 3.14. The van der Waals surface area contributed by atoms with Gasteiger partial charge in [0.1, 0.15) is 10.6 Å². The van der Waals surface area contributed by atoms with Gasteiger partial charge < -0.3 is 10.5 Å². The Morgan fingerprint density at radius 1 is 1.45 bits per heavy atom. The van der Waals surface area contributed by atoms with Crippen molar-refractivity contribution < 1.29 is 13.2 Å². The van der Waals surface area contributed by atoms with Gasteiger partial charge in [-0.1, -0.05) is 18.5 Å². The van der Waals surface area contributed by atoms with Crippen LogP contribution in [0.2, 0.25) is 5.02 Å². The molecule has 112 valence electrons. The third-order valence-corrected chi connectivity index (χ3v) is 5.23. The topological polar surface area (TPSA) is 81.4 Å². The van der Waals surface area contributed by atoms with Gasteiger partial charge in [-0.05, 0) is 30.4 Å². The zero-order chi connectivity index (χ0) is 15.0. The standard InChI is InChI=1S/C13H19ClN2O3S/c1-13(3-4-13)8-16-20(17,18)11-6-10(14)5-9(7-15)12(11)19-2/h5-6,16H,3-4,7-8,15H2,1-2H3. The molecule has 1 aromatic rings. The van der Waals surface area contributed by atoms with Crippen LogP contribution < -0.4 is 15.2 Å². The van der Waals surface area contributed by atoms with Gasteiger partial charge in [-0.2, -0.15) is 0 Å². The van der Waals surface area contributed by atoms with Crippen molar-refractivity contribution in [2.24, 2.45) is 11.1 Å². The lowest BCUT2D eigenvalue weighted by atomic mass is 10.2. The second kappa shape index (κ2) is 5.52. The van der Waals surface area contributed by atoms with E-state index >= 15 is 0 Å². The number of hydrogen-bond acceptors (Lipinski definition) is 4. The summed E-state index contributed by atoms with van der Waals surface area (Å²) in [7, 11) is -2.25. The molecule has 3 N–H and O–H groups in total. The van der Waals surface area contributed by atoms with Crippen LogP contribution in [0.1, 0.15) is 25.3 Å². The van der Waals surface area contributed by atoms with Crippen molar-refractivity contribution in [3.05, 3.63) is 22.7 Å². The second-order valence-electron chi connectivity index (χ2n) is 5.44. The third-order valence-electron chi connectivity index (χ3n) is 3.60. The van der Waals surface area contributed by atoms with Gasteiger partial charge in [0, 0.05) is 23.7 Å². The molecule has 5 nitrogen and oxygen atoms in total. The number of methoxy groups -OCH3 is 1. The summed E-state index contributed by atoms with van der Waals surface area (Å²) >= 11 is 5.96. The summed E-state index contributed by atoms with van der Waals surface area (Å²) in [5.74, 6) is 0.255. The Balaban J connectivity index is 2.36. The summed E-state index contributed by atoms with van der Waals surface area (Å²) in [5.41, 5.74) is 6.25. The van der Waals surface area contributed by atoms with Gasteiger partial charge in [0.2, 0.25) is 10.0 Å². The Labute approximate surface area is 124 Å². The van der Waals surface area contributed by atoms with Crippen LogP contribution in [0.3, 0.4) is 0 Å². The molecule has 0 unspecified atom stereocenters. The summed E-state index contributed by atoms with van der Waals surface area (Å²) in [5, 5.41) is 0.323. The fourth-order valence-corrected chi connectivity index (χ4v) is 3.68. The highest BCUT2D eigenvalue weighted by Gasteiger charge is 2.38. The monoisotopic (exact) mass is 318 g/mol. The molecule has 0 saturated heterocycles. The van der Waals surface area contributed by atoms with E-state index in [1.54, 1.807) is 6.07 Å². The third kappa shape index (κ3) is 3.25. The SMILES string of the molecule is COc1c(CN)cc(Cl)cc1S(=O)(=O)NCC1(C)CC1. The van der Waals surface area contributed by atoms with Crippen molar-refractivity contribution in [2.45, 2.75) is 31.2 Å². The molecule has 0 heterocycles. The van der Waals surface area contributed by atoms with Gasteiger partial charge in [0.05, 0.1) is 7.11 Å². The zero-order valence-corrected chi connectivity index (χ0v) is 13.1. The summed E-state index contributed by atoms with van der Waals surface area (Å²) in [6, 6.07) is 3.00. The maximum Gasteiger partial charge on any atom is 0.244 e. The Bertz CT molecular complexity index is 612. The molecule has 0 atom stereocenters. The first-order valence-electron chi connectivity index (χ1n) is 6.37. The molecule has 0 spiro atoms. The number of rotatable bonds is 6. The molecular weight excluding hydrogens is 300 g/mol. The molecule has 0 bridgehead atoms.